The van der Waals surface area contributed by atoms with Crippen LogP contribution in [0.25, 0.3) is 0 Å². The van der Waals surface area contributed by atoms with Crippen LogP contribution in [0.3, 0.4) is 0 Å². The van der Waals surface area contributed by atoms with E-state index < -0.39 is 0 Å². The van der Waals surface area contributed by atoms with E-state index in [-0.39, 0.29) is 17.9 Å². The van der Waals surface area contributed by atoms with Gasteiger partial charge in [-0.2, -0.15) is 0 Å². The normalized spacial score (nSPS) is 26.1. The van der Waals surface area contributed by atoms with Crippen LogP contribution < -0.4 is 10.6 Å². The molecule has 1 aliphatic heterocycles. The topological polar surface area (TPSA) is 50.4 Å². The first-order valence-corrected chi connectivity index (χ1v) is 4.82. The second kappa shape index (κ2) is 5.12. The lowest BCUT2D eigenvalue weighted by atomic mass is 10.0. The van der Waals surface area contributed by atoms with Gasteiger partial charge in [0, 0.05) is 12.6 Å². The third-order valence-corrected chi connectivity index (χ3v) is 2.35. The van der Waals surface area contributed by atoms with Gasteiger partial charge in [0.15, 0.2) is 0 Å². The molecule has 0 spiro atoms. The molecule has 4 heteroatoms. The van der Waals surface area contributed by atoms with Crippen LogP contribution in [-0.2, 0) is 9.53 Å². The Labute approximate surface area is 84.7 Å². The highest BCUT2D eigenvalue weighted by molar-refractivity contribution is 5.80. The molecule has 1 aliphatic rings. The van der Waals surface area contributed by atoms with Crippen LogP contribution >= 0.6 is 0 Å². The number of amides is 1. The molecule has 1 saturated heterocycles. The van der Waals surface area contributed by atoms with Gasteiger partial charge in [0.1, 0.15) is 0 Å². The lowest BCUT2D eigenvalue weighted by Gasteiger charge is -2.16. The van der Waals surface area contributed by atoms with E-state index >= 15 is 0 Å². The summed E-state index contributed by atoms with van der Waals surface area (Å²) in [6.45, 7) is 7.29. The van der Waals surface area contributed by atoms with Crippen molar-refractivity contribution in [2.24, 2.45) is 5.92 Å². The summed E-state index contributed by atoms with van der Waals surface area (Å²) in [6, 6.07) is 0.139. The zero-order valence-electron chi connectivity index (χ0n) is 8.80. The van der Waals surface area contributed by atoms with Crippen LogP contribution in [0.4, 0.5) is 0 Å². The highest BCUT2D eigenvalue weighted by Crippen LogP contribution is 2.13. The zero-order valence-corrected chi connectivity index (χ0v) is 8.80. The van der Waals surface area contributed by atoms with Crippen molar-refractivity contribution in [3.8, 4) is 0 Å². The minimum Gasteiger partial charge on any atom is -0.379 e. The fourth-order valence-electron chi connectivity index (χ4n) is 1.47. The van der Waals surface area contributed by atoms with Crippen LogP contribution in [0.5, 0.6) is 0 Å². The van der Waals surface area contributed by atoms with Crippen LogP contribution in [-0.4, -0.2) is 38.8 Å². The van der Waals surface area contributed by atoms with Crippen molar-refractivity contribution in [2.75, 3.05) is 26.8 Å². The van der Waals surface area contributed by atoms with Crippen molar-refractivity contribution >= 4 is 5.91 Å². The smallest absolute Gasteiger partial charge is 0.227 e. The molecular formula is C10H18N2O2. The van der Waals surface area contributed by atoms with Gasteiger partial charge in [-0.3, -0.25) is 4.79 Å². The molecule has 80 valence electrons. The van der Waals surface area contributed by atoms with Crippen molar-refractivity contribution in [3.05, 3.63) is 12.2 Å². The van der Waals surface area contributed by atoms with E-state index in [0.29, 0.717) is 19.8 Å². The highest BCUT2D eigenvalue weighted by atomic mass is 16.5. The molecule has 2 unspecified atom stereocenters. The summed E-state index contributed by atoms with van der Waals surface area (Å²) in [6.07, 6.45) is 0. The fraction of sp³-hybridized carbons (Fsp3) is 0.700. The van der Waals surface area contributed by atoms with Crippen molar-refractivity contribution in [3.63, 3.8) is 0 Å². The molecule has 0 aromatic rings. The van der Waals surface area contributed by atoms with Gasteiger partial charge >= 0.3 is 0 Å². The molecule has 2 N–H and O–H groups in total. The first kappa shape index (κ1) is 11.2. The number of likely N-dealkylation sites (N-methyl/N-ethyl adjacent to an activating group) is 1. The molecule has 1 heterocycles. The molecule has 0 aromatic carbocycles. The molecule has 0 saturated carbocycles. The lowest BCUT2D eigenvalue weighted by molar-refractivity contribution is -0.125. The number of nitrogens with one attached hydrogen (secondary N) is 2. The van der Waals surface area contributed by atoms with Crippen molar-refractivity contribution in [1.29, 1.82) is 0 Å². The van der Waals surface area contributed by atoms with Gasteiger partial charge in [0.25, 0.3) is 0 Å². The quantitative estimate of drug-likeness (QED) is 0.621. The molecule has 0 aliphatic carbocycles. The molecule has 2 atom stereocenters. The standard InChI is InChI=1S/C10H18N2O2/c1-7(2)4-12-10(13)8-5-14-6-9(8)11-3/h8-9,11H,1,4-6H2,2-3H3,(H,12,13). The maximum Gasteiger partial charge on any atom is 0.227 e. The molecule has 1 fully saturated rings. The predicted octanol–water partition coefficient (Wildman–Crippen LogP) is -0.0869. The maximum absolute atomic E-state index is 11.6. The van der Waals surface area contributed by atoms with Gasteiger partial charge < -0.3 is 15.4 Å². The number of carbonyl (C=O) groups is 1. The van der Waals surface area contributed by atoms with E-state index in [2.05, 4.69) is 17.2 Å². The number of rotatable bonds is 4. The predicted molar refractivity (Wildman–Crippen MR) is 55.0 cm³/mol. The minimum atomic E-state index is -0.0700. The molecule has 0 bridgehead atoms. The van der Waals surface area contributed by atoms with Crippen LogP contribution in [0.2, 0.25) is 0 Å². The Hall–Kier alpha value is -0.870. The Morgan fingerprint density at radius 3 is 2.86 bits per heavy atom. The summed E-state index contributed by atoms with van der Waals surface area (Å²) in [5.74, 6) is -0.0239. The van der Waals surface area contributed by atoms with Gasteiger partial charge in [-0.05, 0) is 14.0 Å². The van der Waals surface area contributed by atoms with Crippen LogP contribution in [0.15, 0.2) is 12.2 Å². The van der Waals surface area contributed by atoms with E-state index in [1.54, 1.807) is 0 Å². The lowest BCUT2D eigenvalue weighted by Crippen LogP contribution is -2.42. The fourth-order valence-corrected chi connectivity index (χ4v) is 1.47. The molecular weight excluding hydrogens is 180 g/mol. The Balaban J connectivity index is 2.39. The molecule has 1 rings (SSSR count). The van der Waals surface area contributed by atoms with E-state index in [4.69, 9.17) is 4.74 Å². The van der Waals surface area contributed by atoms with E-state index in [1.807, 2.05) is 14.0 Å². The van der Waals surface area contributed by atoms with Gasteiger partial charge in [0.2, 0.25) is 5.91 Å². The Kier molecular flexibility index (Phi) is 4.10. The van der Waals surface area contributed by atoms with Gasteiger partial charge in [0.05, 0.1) is 19.1 Å². The summed E-state index contributed by atoms with van der Waals surface area (Å²) < 4.78 is 5.24. The van der Waals surface area contributed by atoms with E-state index in [1.165, 1.54) is 0 Å². The van der Waals surface area contributed by atoms with Crippen LogP contribution in [0, 0.1) is 5.92 Å². The average Bonchev–Trinajstić information content (AvgIpc) is 2.61. The highest BCUT2D eigenvalue weighted by Gasteiger charge is 2.32. The molecule has 14 heavy (non-hydrogen) atoms. The second-order valence-electron chi connectivity index (χ2n) is 3.71. The molecule has 4 nitrogen and oxygen atoms in total. The van der Waals surface area contributed by atoms with Crippen molar-refractivity contribution in [2.45, 2.75) is 13.0 Å². The molecule has 0 radical (unpaired) electrons. The monoisotopic (exact) mass is 198 g/mol. The second-order valence-corrected chi connectivity index (χ2v) is 3.71. The third-order valence-electron chi connectivity index (χ3n) is 2.35. The van der Waals surface area contributed by atoms with Gasteiger partial charge in [-0.15, -0.1) is 0 Å². The molecule has 1 amide bonds. The molecule has 0 aromatic heterocycles. The summed E-state index contributed by atoms with van der Waals surface area (Å²) in [5, 5.41) is 5.90. The Morgan fingerprint density at radius 2 is 2.29 bits per heavy atom. The maximum atomic E-state index is 11.6. The number of carbonyl (C=O) groups excluding carboxylic acids is 1. The van der Waals surface area contributed by atoms with Gasteiger partial charge in [-0.1, -0.05) is 12.2 Å². The number of ether oxygens (including phenoxy) is 1. The first-order chi connectivity index (χ1) is 6.65. The summed E-state index contributed by atoms with van der Waals surface area (Å²) in [4.78, 5) is 11.6. The van der Waals surface area contributed by atoms with E-state index in [0.717, 1.165) is 5.57 Å². The third kappa shape index (κ3) is 2.82. The minimum absolute atomic E-state index is 0.0462. The first-order valence-electron chi connectivity index (χ1n) is 4.82. The largest absolute Gasteiger partial charge is 0.379 e. The van der Waals surface area contributed by atoms with E-state index in [9.17, 15) is 4.79 Å². The van der Waals surface area contributed by atoms with Gasteiger partial charge in [-0.25, -0.2) is 0 Å². The zero-order chi connectivity index (χ0) is 10.6. The average molecular weight is 198 g/mol. The van der Waals surface area contributed by atoms with Crippen molar-refractivity contribution in [1.82, 2.24) is 10.6 Å². The Bertz CT molecular complexity index is 228. The number of hydrogen-bond donors (Lipinski definition) is 2. The number of hydrogen-bond acceptors (Lipinski definition) is 3. The summed E-state index contributed by atoms with van der Waals surface area (Å²) in [7, 11) is 1.85. The van der Waals surface area contributed by atoms with Crippen molar-refractivity contribution < 1.29 is 9.53 Å². The SMILES string of the molecule is C=C(C)CNC(=O)C1COCC1NC. The summed E-state index contributed by atoms with van der Waals surface area (Å²) in [5.41, 5.74) is 0.957. The van der Waals surface area contributed by atoms with Crippen LogP contribution in [0.1, 0.15) is 6.92 Å². The summed E-state index contributed by atoms with van der Waals surface area (Å²) >= 11 is 0. The Morgan fingerprint density at radius 1 is 1.57 bits per heavy atom.